The number of halogens is 1. The number of methoxy groups -OCH3 is 1. The van der Waals surface area contributed by atoms with Crippen molar-refractivity contribution in [3.8, 4) is 5.75 Å². The summed E-state index contributed by atoms with van der Waals surface area (Å²) in [6.45, 7) is 1.58. The van der Waals surface area contributed by atoms with Gasteiger partial charge in [0.2, 0.25) is 10.0 Å². The highest BCUT2D eigenvalue weighted by Crippen LogP contribution is 2.30. The minimum absolute atomic E-state index is 0.0849. The number of carbonyl (C=O) groups excluding carboxylic acids is 1. The molecule has 0 aliphatic rings. The van der Waals surface area contributed by atoms with Crippen LogP contribution in [0.2, 0.25) is 0 Å². The molecule has 3 N–H and O–H groups in total. The van der Waals surface area contributed by atoms with E-state index in [2.05, 4.69) is 9.97 Å². The molecule has 0 saturated carbocycles. The third kappa shape index (κ3) is 3.43. The first-order chi connectivity index (χ1) is 12.8. The molecule has 7 nitrogen and oxygen atoms in total. The summed E-state index contributed by atoms with van der Waals surface area (Å²) in [4.78, 5) is 19.9. The van der Waals surface area contributed by atoms with E-state index in [0.29, 0.717) is 16.8 Å². The Hall–Kier alpha value is -2.78. The zero-order valence-corrected chi connectivity index (χ0v) is 15.5. The van der Waals surface area contributed by atoms with Gasteiger partial charge in [-0.1, -0.05) is 19.1 Å². The van der Waals surface area contributed by atoms with Gasteiger partial charge in [-0.2, -0.15) is 0 Å². The lowest BCUT2D eigenvalue weighted by molar-refractivity contribution is 0.103. The topological polar surface area (TPSA) is 115 Å². The molecule has 9 heteroatoms. The molecule has 3 rings (SSSR count). The predicted molar refractivity (Wildman–Crippen MR) is 98.6 cm³/mol. The van der Waals surface area contributed by atoms with Crippen molar-refractivity contribution in [1.29, 1.82) is 0 Å². The molecule has 0 saturated heterocycles. The molecule has 2 heterocycles. The highest BCUT2D eigenvalue weighted by Gasteiger charge is 2.28. The zero-order valence-electron chi connectivity index (χ0n) is 14.7. The fourth-order valence-corrected chi connectivity index (χ4v) is 4.03. The number of ketones is 1. The van der Waals surface area contributed by atoms with Crippen LogP contribution in [0.3, 0.4) is 0 Å². The van der Waals surface area contributed by atoms with Crippen molar-refractivity contribution in [2.24, 2.45) is 5.14 Å². The van der Waals surface area contributed by atoms with Crippen LogP contribution < -0.4 is 9.88 Å². The summed E-state index contributed by atoms with van der Waals surface area (Å²) in [5.41, 5.74) is 0.294. The number of hydrogen-bond acceptors (Lipinski definition) is 5. The van der Waals surface area contributed by atoms with E-state index in [1.165, 1.54) is 37.7 Å². The largest absolute Gasteiger partial charge is 0.495 e. The van der Waals surface area contributed by atoms with Gasteiger partial charge in [0.15, 0.2) is 5.78 Å². The minimum atomic E-state index is -4.01. The van der Waals surface area contributed by atoms with Crippen molar-refractivity contribution in [3.63, 3.8) is 0 Å². The number of rotatable bonds is 6. The van der Waals surface area contributed by atoms with Crippen LogP contribution in [0.4, 0.5) is 4.39 Å². The highest BCUT2D eigenvalue weighted by molar-refractivity contribution is 7.89. The third-order valence-electron chi connectivity index (χ3n) is 4.37. The van der Waals surface area contributed by atoms with Gasteiger partial charge in [-0.3, -0.25) is 4.79 Å². The summed E-state index contributed by atoms with van der Waals surface area (Å²) >= 11 is 0. The third-order valence-corrected chi connectivity index (χ3v) is 5.75. The molecule has 0 radical (unpaired) electrons. The molecule has 0 amide bonds. The maximum Gasteiger partial charge on any atom is 0.216 e. The number of hydrogen-bond donors (Lipinski definition) is 2. The first kappa shape index (κ1) is 19.0. The van der Waals surface area contributed by atoms with Crippen molar-refractivity contribution in [3.05, 3.63) is 59.2 Å². The molecule has 2 aromatic heterocycles. The van der Waals surface area contributed by atoms with Crippen molar-refractivity contribution < 1.29 is 22.3 Å². The number of nitrogens with one attached hydrogen (secondary N) is 1. The summed E-state index contributed by atoms with van der Waals surface area (Å²) < 4.78 is 43.7. The van der Waals surface area contributed by atoms with Crippen LogP contribution >= 0.6 is 0 Å². The number of aromatic amines is 1. The van der Waals surface area contributed by atoms with Crippen molar-refractivity contribution in [2.75, 3.05) is 7.11 Å². The molecule has 1 unspecified atom stereocenters. The monoisotopic (exact) mass is 391 g/mol. The Kier molecular flexibility index (Phi) is 4.99. The van der Waals surface area contributed by atoms with Crippen LogP contribution in [0.15, 0.2) is 36.7 Å². The van der Waals surface area contributed by atoms with Crippen LogP contribution in [0, 0.1) is 5.82 Å². The molecule has 0 aliphatic heterocycles. The van der Waals surface area contributed by atoms with Gasteiger partial charge in [-0.25, -0.2) is 22.9 Å². The van der Waals surface area contributed by atoms with Gasteiger partial charge >= 0.3 is 0 Å². The lowest BCUT2D eigenvalue weighted by atomic mass is 9.98. The standard InChI is InChI=1S/C18H18FN3O4S/c1-3-15(27(20,24)25)11-5-4-6-12(16(11)19)17(23)14-9-22-18-13(14)7-10(26-2)8-21-18/h4-9,15H,3H2,1-2H3,(H,21,22)(H2,20,24,25). The maximum absolute atomic E-state index is 15.0. The number of benzene rings is 1. The van der Waals surface area contributed by atoms with E-state index in [-0.39, 0.29) is 23.1 Å². The van der Waals surface area contributed by atoms with E-state index in [9.17, 15) is 13.2 Å². The number of sulfonamides is 1. The van der Waals surface area contributed by atoms with Gasteiger partial charge in [-0.05, 0) is 18.6 Å². The number of fused-ring (bicyclic) bond motifs is 1. The number of pyridine rings is 1. The normalized spacial score (nSPS) is 12.9. The van der Waals surface area contributed by atoms with E-state index in [4.69, 9.17) is 9.88 Å². The average molecular weight is 391 g/mol. The fourth-order valence-electron chi connectivity index (χ4n) is 3.03. The number of H-pyrrole nitrogens is 1. The molecule has 3 aromatic rings. The van der Waals surface area contributed by atoms with Gasteiger partial charge in [0.1, 0.15) is 22.5 Å². The van der Waals surface area contributed by atoms with E-state index >= 15 is 4.39 Å². The second-order valence-corrected chi connectivity index (χ2v) is 7.74. The van der Waals surface area contributed by atoms with E-state index in [0.717, 1.165) is 0 Å². The number of ether oxygens (including phenoxy) is 1. The van der Waals surface area contributed by atoms with Crippen LogP contribution in [-0.4, -0.2) is 31.3 Å². The molecule has 1 atom stereocenters. The van der Waals surface area contributed by atoms with E-state index in [1.807, 2.05) is 0 Å². The molecule has 27 heavy (non-hydrogen) atoms. The Bertz CT molecular complexity index is 1120. The second-order valence-electron chi connectivity index (χ2n) is 6.00. The SMILES string of the molecule is CCC(c1cccc(C(=O)c2c[nH]c3ncc(OC)cc23)c1F)S(N)(=O)=O. The first-order valence-electron chi connectivity index (χ1n) is 8.13. The number of primary sulfonamides is 1. The van der Waals surface area contributed by atoms with Crippen LogP contribution in [0.5, 0.6) is 5.75 Å². The molecule has 0 spiro atoms. The maximum atomic E-state index is 15.0. The van der Waals surface area contributed by atoms with Crippen molar-refractivity contribution in [1.82, 2.24) is 9.97 Å². The lowest BCUT2D eigenvalue weighted by Gasteiger charge is -2.15. The summed E-state index contributed by atoms with van der Waals surface area (Å²) in [7, 11) is -2.54. The lowest BCUT2D eigenvalue weighted by Crippen LogP contribution is -2.22. The van der Waals surface area contributed by atoms with Crippen LogP contribution in [0.25, 0.3) is 11.0 Å². The minimum Gasteiger partial charge on any atom is -0.495 e. The van der Waals surface area contributed by atoms with Crippen molar-refractivity contribution in [2.45, 2.75) is 18.6 Å². The molecule has 0 aliphatic carbocycles. The molecule has 1 aromatic carbocycles. The van der Waals surface area contributed by atoms with Gasteiger partial charge in [0.25, 0.3) is 0 Å². The summed E-state index contributed by atoms with van der Waals surface area (Å²) in [5, 5.41) is 4.46. The fraction of sp³-hybridized carbons (Fsp3) is 0.222. The molecule has 0 bridgehead atoms. The number of nitrogens with zero attached hydrogens (tertiary/aromatic N) is 1. The summed E-state index contributed by atoms with van der Waals surface area (Å²) in [6.07, 6.45) is 3.01. The second kappa shape index (κ2) is 7.09. The zero-order chi connectivity index (χ0) is 19.8. The summed E-state index contributed by atoms with van der Waals surface area (Å²) in [6, 6.07) is 5.69. The molecule has 0 fully saturated rings. The van der Waals surface area contributed by atoms with E-state index in [1.54, 1.807) is 13.0 Å². The smallest absolute Gasteiger partial charge is 0.216 e. The van der Waals surface area contributed by atoms with E-state index < -0.39 is 26.9 Å². The molecular weight excluding hydrogens is 373 g/mol. The molecule has 142 valence electrons. The highest BCUT2D eigenvalue weighted by atomic mass is 32.2. The Labute approximate surface area is 155 Å². The summed E-state index contributed by atoms with van der Waals surface area (Å²) in [5.74, 6) is -1.04. The Morgan fingerprint density at radius 1 is 1.37 bits per heavy atom. The van der Waals surface area contributed by atoms with Crippen molar-refractivity contribution >= 4 is 26.8 Å². The van der Waals surface area contributed by atoms with Crippen LogP contribution in [0.1, 0.15) is 40.1 Å². The Morgan fingerprint density at radius 2 is 2.11 bits per heavy atom. The molecular formula is C18H18FN3O4S. The van der Waals surface area contributed by atoms with Gasteiger partial charge in [0.05, 0.1) is 18.9 Å². The first-order valence-corrected chi connectivity index (χ1v) is 9.74. The average Bonchev–Trinajstić information content (AvgIpc) is 3.05. The van der Waals surface area contributed by atoms with Crippen LogP contribution in [-0.2, 0) is 10.0 Å². The van der Waals surface area contributed by atoms with Gasteiger partial charge in [0, 0.05) is 22.7 Å². The Balaban J connectivity index is 2.13. The number of nitrogens with two attached hydrogens (primary N) is 1. The number of aromatic nitrogens is 2. The number of carbonyl (C=O) groups is 1. The Morgan fingerprint density at radius 3 is 2.74 bits per heavy atom. The quantitative estimate of drug-likeness (QED) is 0.627. The predicted octanol–water partition coefficient (Wildman–Crippen LogP) is 2.68. The van der Waals surface area contributed by atoms with Gasteiger partial charge in [-0.15, -0.1) is 0 Å². The van der Waals surface area contributed by atoms with Gasteiger partial charge < -0.3 is 9.72 Å².